The van der Waals surface area contributed by atoms with Crippen molar-refractivity contribution in [2.75, 3.05) is 0 Å². The maximum Gasteiger partial charge on any atom is 0.805 e. The van der Waals surface area contributed by atoms with Gasteiger partial charge in [0.1, 0.15) is 0 Å². The Morgan fingerprint density at radius 3 is 1.56 bits per heavy atom. The number of pyridine rings is 2. The van der Waals surface area contributed by atoms with E-state index < -0.39 is 8.25 Å². The van der Waals surface area contributed by atoms with Crippen LogP contribution in [0.15, 0.2) is 49.1 Å². The Morgan fingerprint density at radius 1 is 0.812 bits per heavy atom. The van der Waals surface area contributed by atoms with Crippen LogP contribution >= 0.6 is 8.25 Å². The molecule has 16 heavy (non-hydrogen) atoms. The van der Waals surface area contributed by atoms with Crippen LogP contribution in [0.1, 0.15) is 0 Å². The summed E-state index contributed by atoms with van der Waals surface area (Å²) in [5, 5.41) is 0. The minimum atomic E-state index is -2.24. The van der Waals surface area contributed by atoms with Crippen LogP contribution in [0.4, 0.5) is 0 Å². The second kappa shape index (κ2) is 5.19. The summed E-state index contributed by atoms with van der Waals surface area (Å²) in [6, 6.07) is 6.40. The number of hydrogen-bond acceptors (Lipinski definition) is 5. The molecule has 0 amide bonds. The van der Waals surface area contributed by atoms with E-state index in [9.17, 15) is 4.57 Å². The van der Waals surface area contributed by atoms with Gasteiger partial charge in [-0.25, -0.2) is 9.05 Å². The molecule has 0 bridgehead atoms. The summed E-state index contributed by atoms with van der Waals surface area (Å²) in [5.41, 5.74) is 0. The van der Waals surface area contributed by atoms with E-state index in [0.717, 1.165) is 0 Å². The minimum absolute atomic E-state index is 0.449. The van der Waals surface area contributed by atoms with Crippen LogP contribution in [0.2, 0.25) is 0 Å². The third-order valence-corrected chi connectivity index (χ3v) is 2.38. The van der Waals surface area contributed by atoms with Crippen molar-refractivity contribution < 1.29 is 13.6 Å². The molecule has 2 rings (SSSR count). The third kappa shape index (κ3) is 3.00. The van der Waals surface area contributed by atoms with Crippen molar-refractivity contribution in [1.82, 2.24) is 9.97 Å². The molecule has 6 heteroatoms. The summed E-state index contributed by atoms with van der Waals surface area (Å²) in [4.78, 5) is 7.63. The average molecular weight is 235 g/mol. The highest BCUT2D eigenvalue weighted by Crippen LogP contribution is 2.29. The normalized spacial score (nSPS) is 9.50. The predicted octanol–water partition coefficient (Wildman–Crippen LogP) is 2.59. The Bertz CT molecular complexity index is 421. The number of nitrogens with zero attached hydrogens (tertiary/aromatic N) is 2. The first-order valence-electron chi connectivity index (χ1n) is 4.48. The molecular weight excluding hydrogens is 227 g/mol. The minimum Gasteiger partial charge on any atom is -0.264 e. The van der Waals surface area contributed by atoms with E-state index in [1.54, 1.807) is 49.1 Å². The van der Waals surface area contributed by atoms with Crippen molar-refractivity contribution in [3.05, 3.63) is 49.1 Å². The molecule has 0 aromatic carbocycles. The van der Waals surface area contributed by atoms with Gasteiger partial charge in [-0.05, 0) is 0 Å². The summed E-state index contributed by atoms with van der Waals surface area (Å²) in [7, 11) is -2.24. The van der Waals surface area contributed by atoms with Crippen LogP contribution in [0, 0.1) is 0 Å². The Kier molecular flexibility index (Phi) is 3.41. The zero-order chi connectivity index (χ0) is 11.2. The van der Waals surface area contributed by atoms with Crippen molar-refractivity contribution in [2.24, 2.45) is 0 Å². The lowest BCUT2D eigenvalue weighted by Gasteiger charge is -1.92. The molecule has 0 aliphatic heterocycles. The maximum atomic E-state index is 11.4. The van der Waals surface area contributed by atoms with Crippen molar-refractivity contribution >= 4 is 8.25 Å². The van der Waals surface area contributed by atoms with E-state index in [-0.39, 0.29) is 0 Å². The molecule has 0 saturated heterocycles. The van der Waals surface area contributed by atoms with Gasteiger partial charge in [0.25, 0.3) is 0 Å². The molecule has 0 aliphatic carbocycles. The highest BCUT2D eigenvalue weighted by molar-refractivity contribution is 7.34. The largest absolute Gasteiger partial charge is 0.805 e. The molecule has 2 heterocycles. The average Bonchev–Trinajstić information content (AvgIpc) is 2.31. The zero-order valence-corrected chi connectivity index (χ0v) is 9.08. The monoisotopic (exact) mass is 235 g/mol. The van der Waals surface area contributed by atoms with Crippen molar-refractivity contribution in [2.45, 2.75) is 0 Å². The van der Waals surface area contributed by atoms with Gasteiger partial charge >= 0.3 is 8.25 Å². The molecule has 2 aromatic heterocycles. The van der Waals surface area contributed by atoms with Gasteiger partial charge < -0.3 is 0 Å². The molecule has 0 radical (unpaired) electrons. The second-order valence-corrected chi connectivity index (χ2v) is 3.58. The van der Waals surface area contributed by atoms with Crippen LogP contribution < -0.4 is 9.05 Å². The molecule has 80 valence electrons. The van der Waals surface area contributed by atoms with Crippen LogP contribution in [0.5, 0.6) is 11.5 Å². The van der Waals surface area contributed by atoms with Gasteiger partial charge in [0.2, 0.25) is 0 Å². The highest BCUT2D eigenvalue weighted by Gasteiger charge is 2.23. The van der Waals surface area contributed by atoms with Crippen molar-refractivity contribution in [1.29, 1.82) is 0 Å². The van der Waals surface area contributed by atoms with Gasteiger partial charge in [-0.2, -0.15) is 0 Å². The Balaban J connectivity index is 1.95. The van der Waals surface area contributed by atoms with Crippen LogP contribution in [-0.2, 0) is 4.57 Å². The maximum absolute atomic E-state index is 11.4. The van der Waals surface area contributed by atoms with E-state index in [2.05, 4.69) is 9.97 Å². The fourth-order valence-electron chi connectivity index (χ4n) is 0.989. The van der Waals surface area contributed by atoms with Gasteiger partial charge in [-0.15, -0.1) is 0 Å². The second-order valence-electron chi connectivity index (χ2n) is 2.77. The summed E-state index contributed by atoms with van der Waals surface area (Å²) >= 11 is 0. The molecule has 0 unspecified atom stereocenters. The molecule has 0 fully saturated rings. The van der Waals surface area contributed by atoms with Crippen LogP contribution in [-0.4, -0.2) is 9.97 Å². The van der Waals surface area contributed by atoms with Gasteiger partial charge in [0.15, 0.2) is 11.5 Å². The first-order valence-corrected chi connectivity index (χ1v) is 5.57. The first-order chi connectivity index (χ1) is 7.84. The van der Waals surface area contributed by atoms with E-state index in [1.165, 1.54) is 0 Å². The molecule has 0 saturated carbocycles. The van der Waals surface area contributed by atoms with Crippen LogP contribution in [0.25, 0.3) is 0 Å². The molecule has 5 nitrogen and oxygen atoms in total. The lowest BCUT2D eigenvalue weighted by Crippen LogP contribution is -1.88. The first kappa shape index (κ1) is 10.5. The topological polar surface area (TPSA) is 61.3 Å². The van der Waals surface area contributed by atoms with E-state index >= 15 is 0 Å². The van der Waals surface area contributed by atoms with E-state index in [1.807, 2.05) is 0 Å². The quantitative estimate of drug-likeness (QED) is 0.762. The summed E-state index contributed by atoms with van der Waals surface area (Å²) in [5.74, 6) is 0.898. The Labute approximate surface area is 93.0 Å². The molecule has 0 atom stereocenters. The molecule has 2 aromatic rings. The number of aromatic nitrogens is 2. The third-order valence-electron chi connectivity index (χ3n) is 1.66. The Hall–Kier alpha value is -2.00. The van der Waals surface area contributed by atoms with Gasteiger partial charge in [0.05, 0.1) is 0 Å². The predicted molar refractivity (Wildman–Crippen MR) is 57.3 cm³/mol. The van der Waals surface area contributed by atoms with Crippen molar-refractivity contribution in [3.63, 3.8) is 0 Å². The fraction of sp³-hybridized carbons (Fsp3) is 0. The lowest BCUT2D eigenvalue weighted by atomic mass is 10.5. The van der Waals surface area contributed by atoms with Gasteiger partial charge in [0, 0.05) is 53.6 Å². The van der Waals surface area contributed by atoms with Gasteiger partial charge in [-0.3, -0.25) is 9.97 Å². The number of hydrogen-bond donors (Lipinski definition) is 0. The van der Waals surface area contributed by atoms with E-state index in [0.29, 0.717) is 11.5 Å². The summed E-state index contributed by atoms with van der Waals surface area (Å²) < 4.78 is 21.5. The molecule has 0 spiro atoms. The number of rotatable bonds is 4. The zero-order valence-electron chi connectivity index (χ0n) is 8.19. The smallest absolute Gasteiger partial charge is 0.264 e. The fourth-order valence-corrected chi connectivity index (χ4v) is 1.61. The molecule has 0 N–H and O–H groups in total. The van der Waals surface area contributed by atoms with Crippen molar-refractivity contribution in [3.8, 4) is 11.5 Å². The highest BCUT2D eigenvalue weighted by atomic mass is 31.1. The van der Waals surface area contributed by atoms with Crippen LogP contribution in [0.3, 0.4) is 0 Å². The SMILES string of the molecule is O=[P+](Oc1ccncc1)Oc1ccncc1. The molecule has 0 aliphatic rings. The summed E-state index contributed by atoms with van der Waals surface area (Å²) in [6.45, 7) is 0. The van der Waals surface area contributed by atoms with E-state index in [4.69, 9.17) is 9.05 Å². The van der Waals surface area contributed by atoms with Gasteiger partial charge in [-0.1, -0.05) is 0 Å². The lowest BCUT2D eigenvalue weighted by molar-refractivity contribution is 0.415. The molecular formula is C10H8N2O3P+. The Morgan fingerprint density at radius 2 is 1.19 bits per heavy atom. The standard InChI is InChI=1S/C10H8N2O3P/c13-16(14-9-1-5-11-6-2-9)15-10-3-7-12-8-4-10/h1-8H/q+1. The summed E-state index contributed by atoms with van der Waals surface area (Å²) in [6.07, 6.45) is 6.19.